The van der Waals surface area contributed by atoms with E-state index in [-0.39, 0.29) is 18.5 Å². The van der Waals surface area contributed by atoms with E-state index in [2.05, 4.69) is 6.92 Å². The van der Waals surface area contributed by atoms with Gasteiger partial charge in [-0.15, -0.1) is 0 Å². The quantitative estimate of drug-likeness (QED) is 0.834. The van der Waals surface area contributed by atoms with Crippen LogP contribution in [0.3, 0.4) is 0 Å². The fourth-order valence-corrected chi connectivity index (χ4v) is 3.03. The van der Waals surface area contributed by atoms with Crippen LogP contribution in [0.1, 0.15) is 31.4 Å². The van der Waals surface area contributed by atoms with Gasteiger partial charge in [0.05, 0.1) is 33.5 Å². The van der Waals surface area contributed by atoms with Crippen LogP contribution in [-0.4, -0.2) is 45.9 Å². The zero-order valence-electron chi connectivity index (χ0n) is 13.9. The van der Waals surface area contributed by atoms with Gasteiger partial charge in [-0.3, -0.25) is 0 Å². The van der Waals surface area contributed by atoms with Crippen LogP contribution in [0, 0.1) is 5.92 Å². The number of methoxy groups -OCH3 is 1. The van der Waals surface area contributed by atoms with Gasteiger partial charge in [-0.25, -0.2) is 0 Å². The Kier molecular flexibility index (Phi) is 5.89. The number of benzene rings is 1. The van der Waals surface area contributed by atoms with Gasteiger partial charge in [0.15, 0.2) is 6.29 Å². The van der Waals surface area contributed by atoms with Crippen LogP contribution >= 0.6 is 0 Å². The van der Waals surface area contributed by atoms with Gasteiger partial charge in [0, 0.05) is 5.92 Å². The lowest BCUT2D eigenvalue weighted by atomic mass is 10.1. The van der Waals surface area contributed by atoms with Gasteiger partial charge in [0.25, 0.3) is 0 Å². The molecule has 2 saturated heterocycles. The second-order valence-corrected chi connectivity index (χ2v) is 6.16. The third kappa shape index (κ3) is 4.23. The average Bonchev–Trinajstić information content (AvgIpc) is 2.63. The van der Waals surface area contributed by atoms with Gasteiger partial charge < -0.3 is 23.7 Å². The summed E-state index contributed by atoms with van der Waals surface area (Å²) >= 11 is 0. The number of hydrogen-bond donors (Lipinski definition) is 0. The van der Waals surface area contributed by atoms with Gasteiger partial charge in [-0.2, -0.15) is 0 Å². The van der Waals surface area contributed by atoms with Crippen molar-refractivity contribution in [2.24, 2.45) is 5.92 Å². The maximum Gasteiger partial charge on any atom is 0.185 e. The van der Waals surface area contributed by atoms with E-state index in [1.165, 1.54) is 0 Å². The van der Waals surface area contributed by atoms with Crippen molar-refractivity contribution < 1.29 is 23.7 Å². The summed E-state index contributed by atoms with van der Waals surface area (Å²) in [6, 6.07) is 7.89. The standard InChI is InChI=1S/C18H26O5/c1-3-4-13-9-22-18(23-10-13)17-12-20-16(11-21-17)14-5-7-15(19-2)8-6-14/h5-8,13,16-18H,3-4,9-12H2,1-2H3/t13?,16-,17+,18?/m1/s1. The van der Waals surface area contributed by atoms with Crippen LogP contribution in [0.2, 0.25) is 0 Å². The Labute approximate surface area is 137 Å². The minimum atomic E-state index is -0.306. The highest BCUT2D eigenvalue weighted by atomic mass is 16.7. The second kappa shape index (κ2) is 8.11. The van der Waals surface area contributed by atoms with Crippen LogP contribution in [-0.2, 0) is 18.9 Å². The summed E-state index contributed by atoms with van der Waals surface area (Å²) in [5, 5.41) is 0. The molecule has 0 unspecified atom stereocenters. The van der Waals surface area contributed by atoms with E-state index in [0.29, 0.717) is 19.1 Å². The SMILES string of the molecule is CCCC1COC([C@@H]2CO[C@@H](c3ccc(OC)cc3)CO2)OC1. The Bertz CT molecular complexity index is 459. The summed E-state index contributed by atoms with van der Waals surface area (Å²) in [5.41, 5.74) is 1.10. The lowest BCUT2D eigenvalue weighted by Gasteiger charge is -2.37. The van der Waals surface area contributed by atoms with Crippen LogP contribution < -0.4 is 4.74 Å². The minimum absolute atomic E-state index is 0.0476. The van der Waals surface area contributed by atoms with Crippen molar-refractivity contribution in [3.63, 3.8) is 0 Å². The zero-order valence-corrected chi connectivity index (χ0v) is 13.9. The van der Waals surface area contributed by atoms with Crippen LogP contribution in [0.15, 0.2) is 24.3 Å². The number of hydrogen-bond acceptors (Lipinski definition) is 5. The maximum atomic E-state index is 5.95. The Morgan fingerprint density at radius 3 is 2.26 bits per heavy atom. The van der Waals surface area contributed by atoms with E-state index in [4.69, 9.17) is 23.7 Å². The average molecular weight is 322 g/mol. The van der Waals surface area contributed by atoms with E-state index >= 15 is 0 Å². The Morgan fingerprint density at radius 2 is 1.70 bits per heavy atom. The number of rotatable bonds is 5. The van der Waals surface area contributed by atoms with Gasteiger partial charge in [-0.05, 0) is 24.1 Å². The monoisotopic (exact) mass is 322 g/mol. The minimum Gasteiger partial charge on any atom is -0.497 e. The largest absolute Gasteiger partial charge is 0.497 e. The third-order valence-corrected chi connectivity index (χ3v) is 4.40. The molecular weight excluding hydrogens is 296 g/mol. The third-order valence-electron chi connectivity index (χ3n) is 4.40. The summed E-state index contributed by atoms with van der Waals surface area (Å²) in [4.78, 5) is 0. The molecule has 2 atom stereocenters. The first kappa shape index (κ1) is 16.7. The fraction of sp³-hybridized carbons (Fsp3) is 0.667. The Morgan fingerprint density at radius 1 is 0.957 bits per heavy atom. The Hall–Kier alpha value is -1.14. The second-order valence-electron chi connectivity index (χ2n) is 6.16. The highest BCUT2D eigenvalue weighted by molar-refractivity contribution is 5.28. The summed E-state index contributed by atoms with van der Waals surface area (Å²) in [7, 11) is 1.66. The van der Waals surface area contributed by atoms with Crippen molar-refractivity contribution in [3.05, 3.63) is 29.8 Å². The van der Waals surface area contributed by atoms with Crippen molar-refractivity contribution in [1.29, 1.82) is 0 Å². The molecule has 3 rings (SSSR count). The first-order chi connectivity index (χ1) is 11.3. The molecule has 2 aliphatic rings. The van der Waals surface area contributed by atoms with Crippen molar-refractivity contribution in [1.82, 2.24) is 0 Å². The molecular formula is C18H26O5. The molecule has 0 spiro atoms. The summed E-state index contributed by atoms with van der Waals surface area (Å²) in [6.45, 7) is 4.68. The smallest absolute Gasteiger partial charge is 0.185 e. The van der Waals surface area contributed by atoms with E-state index in [9.17, 15) is 0 Å². The van der Waals surface area contributed by atoms with Gasteiger partial charge in [-0.1, -0.05) is 25.5 Å². The van der Waals surface area contributed by atoms with Crippen molar-refractivity contribution in [2.75, 3.05) is 33.5 Å². The Balaban J connectivity index is 1.46. The molecule has 23 heavy (non-hydrogen) atoms. The molecule has 0 aromatic heterocycles. The zero-order chi connectivity index (χ0) is 16.1. The molecule has 0 amide bonds. The van der Waals surface area contributed by atoms with E-state index in [0.717, 1.165) is 37.4 Å². The number of ether oxygens (including phenoxy) is 5. The molecule has 128 valence electrons. The molecule has 5 heteroatoms. The highest BCUT2D eigenvalue weighted by Crippen LogP contribution is 2.28. The van der Waals surface area contributed by atoms with Gasteiger partial charge in [0.2, 0.25) is 0 Å². The van der Waals surface area contributed by atoms with E-state index in [1.54, 1.807) is 7.11 Å². The molecule has 1 aromatic carbocycles. The molecule has 0 radical (unpaired) electrons. The van der Waals surface area contributed by atoms with Crippen molar-refractivity contribution in [3.8, 4) is 5.75 Å². The van der Waals surface area contributed by atoms with Gasteiger partial charge in [0.1, 0.15) is 18.0 Å². The lowest BCUT2D eigenvalue weighted by Crippen LogP contribution is -2.46. The predicted molar refractivity (Wildman–Crippen MR) is 85.5 cm³/mol. The predicted octanol–water partition coefficient (Wildman–Crippen LogP) is 2.94. The summed E-state index contributed by atoms with van der Waals surface area (Å²) < 4.78 is 28.7. The maximum absolute atomic E-state index is 5.95. The summed E-state index contributed by atoms with van der Waals surface area (Å²) in [5.74, 6) is 1.35. The fourth-order valence-electron chi connectivity index (χ4n) is 3.03. The molecule has 0 bridgehead atoms. The van der Waals surface area contributed by atoms with Crippen molar-refractivity contribution in [2.45, 2.75) is 38.3 Å². The van der Waals surface area contributed by atoms with Gasteiger partial charge >= 0.3 is 0 Å². The lowest BCUT2D eigenvalue weighted by molar-refractivity contribution is -0.279. The first-order valence-electron chi connectivity index (χ1n) is 8.40. The summed E-state index contributed by atoms with van der Waals surface area (Å²) in [6.07, 6.45) is 1.81. The normalized spacial score (nSPS) is 31.7. The van der Waals surface area contributed by atoms with Crippen molar-refractivity contribution >= 4 is 0 Å². The molecule has 5 nitrogen and oxygen atoms in total. The molecule has 2 heterocycles. The molecule has 2 fully saturated rings. The topological polar surface area (TPSA) is 46.2 Å². The van der Waals surface area contributed by atoms with E-state index in [1.807, 2.05) is 24.3 Å². The molecule has 1 aromatic rings. The highest BCUT2D eigenvalue weighted by Gasteiger charge is 2.34. The molecule has 2 aliphatic heterocycles. The molecule has 0 aliphatic carbocycles. The molecule has 0 N–H and O–H groups in total. The first-order valence-corrected chi connectivity index (χ1v) is 8.40. The van der Waals surface area contributed by atoms with Crippen LogP contribution in [0.5, 0.6) is 5.75 Å². The molecule has 0 saturated carbocycles. The van der Waals surface area contributed by atoms with E-state index < -0.39 is 0 Å². The van der Waals surface area contributed by atoms with Crippen LogP contribution in [0.4, 0.5) is 0 Å². The van der Waals surface area contributed by atoms with Crippen LogP contribution in [0.25, 0.3) is 0 Å².